The largest absolute Gasteiger partial charge is 0.284 e. The van der Waals surface area contributed by atoms with Gasteiger partial charge in [-0.1, -0.05) is 194 Å². The molecule has 0 fully saturated rings. The Hall–Kier alpha value is -8.02. The molecule has 276 valence electrons. The molecule has 0 spiro atoms. The summed E-state index contributed by atoms with van der Waals surface area (Å²) in [5.41, 5.74) is 15.9. The average Bonchev–Trinajstić information content (AvgIpc) is 3.71. The van der Waals surface area contributed by atoms with Crippen LogP contribution in [0.5, 0.6) is 0 Å². The third kappa shape index (κ3) is 6.22. The van der Waals surface area contributed by atoms with Gasteiger partial charge >= 0.3 is 0 Å². The van der Waals surface area contributed by atoms with Crippen LogP contribution in [-0.4, -0.2) is 24.3 Å². The summed E-state index contributed by atoms with van der Waals surface area (Å²) in [6.45, 7) is 0. The standard InChI is InChI=1S/C54H35N5/c1-4-14-36(15-5-1)38-23-29-42(30-24-38)50-48(51(57-53(56-50)44-18-8-3-9-19-44)43-31-25-39(26-32-43)37-16-6-2-7-17-37)40-27-33-41(34-28-40)49-45-20-10-11-21-46(45)52-54(58-49)59-35-13-12-22-47(59)55-52/h1-35H. The van der Waals surface area contributed by atoms with Gasteiger partial charge in [-0.3, -0.25) is 4.40 Å². The van der Waals surface area contributed by atoms with Crippen LogP contribution in [0.3, 0.4) is 0 Å². The van der Waals surface area contributed by atoms with E-state index in [1.54, 1.807) is 0 Å². The van der Waals surface area contributed by atoms with E-state index >= 15 is 0 Å². The van der Waals surface area contributed by atoms with Gasteiger partial charge in [-0.2, -0.15) is 0 Å². The monoisotopic (exact) mass is 753 g/mol. The third-order valence-electron chi connectivity index (χ3n) is 11.1. The molecule has 0 bridgehead atoms. The molecule has 0 atom stereocenters. The topological polar surface area (TPSA) is 56.0 Å². The van der Waals surface area contributed by atoms with E-state index in [1.807, 2.05) is 54.7 Å². The van der Waals surface area contributed by atoms with Crippen LogP contribution in [-0.2, 0) is 0 Å². The van der Waals surface area contributed by atoms with Crippen molar-refractivity contribution in [2.75, 3.05) is 0 Å². The van der Waals surface area contributed by atoms with Crippen LogP contribution in [0.2, 0.25) is 0 Å². The lowest BCUT2D eigenvalue weighted by Gasteiger charge is -2.18. The van der Waals surface area contributed by atoms with Gasteiger partial charge in [-0.05, 0) is 39.9 Å². The van der Waals surface area contributed by atoms with E-state index in [-0.39, 0.29) is 0 Å². The second-order valence-corrected chi connectivity index (χ2v) is 14.7. The quantitative estimate of drug-likeness (QED) is 0.163. The minimum atomic E-state index is 0.673. The molecule has 11 rings (SSSR count). The summed E-state index contributed by atoms with van der Waals surface area (Å²) >= 11 is 0. The number of pyridine rings is 2. The number of rotatable bonds is 7. The van der Waals surface area contributed by atoms with Crippen LogP contribution in [0.1, 0.15) is 0 Å². The number of nitrogens with zero attached hydrogens (tertiary/aromatic N) is 5. The fraction of sp³-hybridized carbons (Fsp3) is 0. The number of hydrogen-bond acceptors (Lipinski definition) is 4. The third-order valence-corrected chi connectivity index (χ3v) is 11.1. The average molecular weight is 754 g/mol. The normalized spacial score (nSPS) is 11.4. The highest BCUT2D eigenvalue weighted by atomic mass is 15.1. The second kappa shape index (κ2) is 14.5. The van der Waals surface area contributed by atoms with Gasteiger partial charge in [0.05, 0.1) is 17.1 Å². The smallest absolute Gasteiger partial charge is 0.165 e. The van der Waals surface area contributed by atoms with Crippen LogP contribution < -0.4 is 0 Å². The molecule has 0 saturated heterocycles. The molecule has 11 aromatic rings. The highest BCUT2D eigenvalue weighted by Crippen LogP contribution is 2.42. The van der Waals surface area contributed by atoms with Gasteiger partial charge in [-0.25, -0.2) is 19.9 Å². The maximum atomic E-state index is 5.39. The van der Waals surface area contributed by atoms with Crippen molar-refractivity contribution in [1.82, 2.24) is 24.3 Å². The lowest BCUT2D eigenvalue weighted by Crippen LogP contribution is -2.01. The predicted molar refractivity (Wildman–Crippen MR) is 242 cm³/mol. The fourth-order valence-corrected chi connectivity index (χ4v) is 8.12. The minimum Gasteiger partial charge on any atom is -0.284 e. The molecule has 0 aliphatic heterocycles. The summed E-state index contributed by atoms with van der Waals surface area (Å²) < 4.78 is 2.07. The van der Waals surface area contributed by atoms with Gasteiger partial charge in [-0.15, -0.1) is 0 Å². The van der Waals surface area contributed by atoms with Crippen molar-refractivity contribution in [2.45, 2.75) is 0 Å². The van der Waals surface area contributed by atoms with Crippen LogP contribution in [0.25, 0.3) is 106 Å². The SMILES string of the molecule is c1ccc(-c2ccc(-c3nc(-c4ccccc4)nc(-c4ccc(-c5ccccc5)cc4)c3-c3ccc(-c4nc5c(nc6ccccn65)c5ccccc45)cc3)cc2)cc1. The van der Waals surface area contributed by atoms with Gasteiger partial charge in [0, 0.05) is 44.8 Å². The van der Waals surface area contributed by atoms with E-state index < -0.39 is 0 Å². The molecular weight excluding hydrogens is 719 g/mol. The van der Waals surface area contributed by atoms with Crippen molar-refractivity contribution >= 4 is 27.6 Å². The Balaban J connectivity index is 1.12. The molecule has 0 aliphatic carbocycles. The lowest BCUT2D eigenvalue weighted by molar-refractivity contribution is 1.18. The van der Waals surface area contributed by atoms with Crippen LogP contribution in [0.4, 0.5) is 0 Å². The van der Waals surface area contributed by atoms with Gasteiger partial charge in [0.15, 0.2) is 11.5 Å². The Morgan fingerprint density at radius 1 is 0.288 bits per heavy atom. The summed E-state index contributed by atoms with van der Waals surface area (Å²) in [5.74, 6) is 0.673. The Kier molecular flexibility index (Phi) is 8.41. The molecule has 0 unspecified atom stereocenters. The molecule has 5 heteroatoms. The number of hydrogen-bond donors (Lipinski definition) is 0. The molecule has 59 heavy (non-hydrogen) atoms. The summed E-state index contributed by atoms with van der Waals surface area (Å²) in [6.07, 6.45) is 2.03. The van der Waals surface area contributed by atoms with Gasteiger partial charge in [0.1, 0.15) is 11.2 Å². The second-order valence-electron chi connectivity index (χ2n) is 14.7. The van der Waals surface area contributed by atoms with Crippen molar-refractivity contribution < 1.29 is 0 Å². The van der Waals surface area contributed by atoms with E-state index in [1.165, 1.54) is 11.1 Å². The lowest BCUT2D eigenvalue weighted by atomic mass is 9.91. The molecule has 0 N–H and O–H groups in total. The van der Waals surface area contributed by atoms with Crippen LogP contribution in [0, 0.1) is 0 Å². The first kappa shape index (κ1) is 34.2. The van der Waals surface area contributed by atoms with Crippen molar-refractivity contribution in [3.63, 3.8) is 0 Å². The summed E-state index contributed by atoms with van der Waals surface area (Å²) in [4.78, 5) is 21.0. The fourth-order valence-electron chi connectivity index (χ4n) is 8.12. The Labute approximate surface area is 341 Å². The molecule has 0 radical (unpaired) electrons. The van der Waals surface area contributed by atoms with Crippen molar-refractivity contribution in [3.05, 3.63) is 212 Å². The van der Waals surface area contributed by atoms with Crippen molar-refractivity contribution in [2.24, 2.45) is 0 Å². The molecule has 4 aromatic heterocycles. The maximum absolute atomic E-state index is 5.39. The molecule has 5 nitrogen and oxygen atoms in total. The first-order chi connectivity index (χ1) is 29.2. The van der Waals surface area contributed by atoms with E-state index in [9.17, 15) is 0 Å². The zero-order valence-electron chi connectivity index (χ0n) is 31.9. The van der Waals surface area contributed by atoms with Gasteiger partial charge in [0.25, 0.3) is 0 Å². The summed E-state index contributed by atoms with van der Waals surface area (Å²) in [6, 6.07) is 71.9. The zero-order chi connectivity index (χ0) is 39.1. The summed E-state index contributed by atoms with van der Waals surface area (Å²) in [5, 5.41) is 2.14. The van der Waals surface area contributed by atoms with Gasteiger partial charge in [0.2, 0.25) is 0 Å². The van der Waals surface area contributed by atoms with Gasteiger partial charge < -0.3 is 0 Å². The summed E-state index contributed by atoms with van der Waals surface area (Å²) in [7, 11) is 0. The van der Waals surface area contributed by atoms with Crippen molar-refractivity contribution in [3.8, 4) is 78.5 Å². The first-order valence-electron chi connectivity index (χ1n) is 19.8. The highest BCUT2D eigenvalue weighted by molar-refractivity contribution is 6.09. The van der Waals surface area contributed by atoms with E-state index in [0.717, 1.165) is 89.2 Å². The predicted octanol–water partition coefficient (Wildman–Crippen LogP) is 13.5. The molecular formula is C54H35N5. The minimum absolute atomic E-state index is 0.673. The van der Waals surface area contributed by atoms with Crippen LogP contribution in [0.15, 0.2) is 212 Å². The van der Waals surface area contributed by atoms with E-state index in [4.69, 9.17) is 19.9 Å². The van der Waals surface area contributed by atoms with E-state index in [2.05, 4.69) is 162 Å². The van der Waals surface area contributed by atoms with Crippen molar-refractivity contribution in [1.29, 1.82) is 0 Å². The molecule has 0 aliphatic rings. The Morgan fingerprint density at radius 3 is 1.27 bits per heavy atom. The number of benzene rings is 7. The van der Waals surface area contributed by atoms with Crippen LogP contribution >= 0.6 is 0 Å². The molecule has 0 amide bonds. The molecule has 0 saturated carbocycles. The maximum Gasteiger partial charge on any atom is 0.165 e. The first-order valence-corrected chi connectivity index (χ1v) is 19.8. The highest BCUT2D eigenvalue weighted by Gasteiger charge is 2.22. The Morgan fingerprint density at radius 2 is 0.712 bits per heavy atom. The molecule has 4 heterocycles. The van der Waals surface area contributed by atoms with E-state index in [0.29, 0.717) is 5.82 Å². The number of imidazole rings is 1. The number of aromatic nitrogens is 5. The molecule has 7 aromatic carbocycles. The Bertz CT molecular complexity index is 3160. The zero-order valence-corrected chi connectivity index (χ0v) is 31.9. The number of fused-ring (bicyclic) bond motifs is 5.